The van der Waals surface area contributed by atoms with E-state index in [0.717, 1.165) is 47.2 Å². The Balaban J connectivity index is 1.23. The Kier molecular flexibility index (Phi) is 11.5. The smallest absolute Gasteiger partial charge is 0.257 e. The molecule has 0 radical (unpaired) electrons. The maximum absolute atomic E-state index is 14.2. The number of aliphatic hydroxyl groups excluding tert-OH is 1. The lowest BCUT2D eigenvalue weighted by atomic mass is 9.89. The van der Waals surface area contributed by atoms with Gasteiger partial charge < -0.3 is 24.6 Å². The standard InChI is InChI=1S/C39H39F5N2O5/c1-22-30(19-46-15-5-10-29(46)21-49-2)50-39(51-37(22)25-13-11-23(20-47)12-14-25)28-9-4-8-27(17-28)26-7-3-6-24(16-26)18-45-38(48)31-32(40)34(42)36(44)35(43)33(31)41/h3-4,6-9,11-14,16-17,22,29-30,37,39,47H,5,10,15,18-21H2,1-2H3,(H,45,48)/t22-,29+,30+,37+,39+/m1/s1. The normalized spacial score (nSPS) is 22.3. The molecule has 2 aliphatic rings. The van der Waals surface area contributed by atoms with Gasteiger partial charge >= 0.3 is 0 Å². The Labute approximate surface area is 292 Å². The number of halogens is 5. The molecule has 2 aliphatic heterocycles. The summed E-state index contributed by atoms with van der Waals surface area (Å²) in [5.41, 5.74) is 3.08. The molecule has 2 N–H and O–H groups in total. The summed E-state index contributed by atoms with van der Waals surface area (Å²) >= 11 is 0. The summed E-state index contributed by atoms with van der Waals surface area (Å²) in [6, 6.07) is 22.7. The predicted molar refractivity (Wildman–Crippen MR) is 179 cm³/mol. The molecule has 2 saturated heterocycles. The fraction of sp³-hybridized carbons (Fsp3) is 0.359. The van der Waals surface area contributed by atoms with E-state index in [0.29, 0.717) is 24.8 Å². The third-order valence-electron chi connectivity index (χ3n) is 9.71. The molecule has 0 aromatic heterocycles. The van der Waals surface area contributed by atoms with Gasteiger partial charge in [0, 0.05) is 37.7 Å². The van der Waals surface area contributed by atoms with Crippen LogP contribution in [0.1, 0.15) is 64.8 Å². The zero-order valence-electron chi connectivity index (χ0n) is 28.2. The van der Waals surface area contributed by atoms with Crippen molar-refractivity contribution in [1.82, 2.24) is 10.2 Å². The fourth-order valence-electron chi connectivity index (χ4n) is 6.88. The molecular formula is C39H39F5N2O5. The van der Waals surface area contributed by atoms with Crippen LogP contribution in [0.2, 0.25) is 0 Å². The van der Waals surface area contributed by atoms with Crippen molar-refractivity contribution in [3.05, 3.63) is 130 Å². The van der Waals surface area contributed by atoms with E-state index in [1.165, 1.54) is 0 Å². The molecule has 0 aliphatic carbocycles. The zero-order chi connectivity index (χ0) is 36.2. The van der Waals surface area contributed by atoms with Crippen LogP contribution in [0.15, 0.2) is 72.8 Å². The van der Waals surface area contributed by atoms with Crippen LogP contribution in [0.5, 0.6) is 0 Å². The monoisotopic (exact) mass is 710 g/mol. The Morgan fingerprint density at radius 3 is 2.22 bits per heavy atom. The fourth-order valence-corrected chi connectivity index (χ4v) is 6.88. The van der Waals surface area contributed by atoms with E-state index in [2.05, 4.69) is 17.1 Å². The lowest BCUT2D eigenvalue weighted by Gasteiger charge is -2.43. The number of aliphatic hydroxyl groups is 1. The average Bonchev–Trinajstić information content (AvgIpc) is 3.59. The summed E-state index contributed by atoms with van der Waals surface area (Å²) in [6.45, 7) is 4.14. The molecule has 51 heavy (non-hydrogen) atoms. The van der Waals surface area contributed by atoms with Gasteiger partial charge in [-0.1, -0.05) is 67.6 Å². The van der Waals surface area contributed by atoms with Crippen molar-refractivity contribution in [3.8, 4) is 11.1 Å². The highest BCUT2D eigenvalue weighted by molar-refractivity contribution is 5.94. The van der Waals surface area contributed by atoms with Crippen molar-refractivity contribution in [2.45, 2.75) is 57.5 Å². The first-order valence-corrected chi connectivity index (χ1v) is 16.8. The number of nitrogens with one attached hydrogen (secondary N) is 1. The molecular weight excluding hydrogens is 671 g/mol. The molecule has 270 valence electrons. The van der Waals surface area contributed by atoms with E-state index >= 15 is 0 Å². The number of carbonyl (C=O) groups excluding carboxylic acids is 1. The van der Waals surface area contributed by atoms with Crippen molar-refractivity contribution < 1.29 is 46.1 Å². The number of methoxy groups -OCH3 is 1. The van der Waals surface area contributed by atoms with Crippen molar-refractivity contribution in [3.63, 3.8) is 0 Å². The van der Waals surface area contributed by atoms with Gasteiger partial charge in [0.25, 0.3) is 5.91 Å². The van der Waals surface area contributed by atoms with E-state index < -0.39 is 46.8 Å². The topological polar surface area (TPSA) is 80.3 Å². The van der Waals surface area contributed by atoms with E-state index in [1.807, 2.05) is 54.6 Å². The Morgan fingerprint density at radius 1 is 0.863 bits per heavy atom. The van der Waals surface area contributed by atoms with Gasteiger partial charge in [0.15, 0.2) is 29.6 Å². The molecule has 6 rings (SSSR count). The van der Waals surface area contributed by atoms with Gasteiger partial charge in [-0.05, 0) is 59.3 Å². The molecule has 7 nitrogen and oxygen atoms in total. The molecule has 0 saturated carbocycles. The van der Waals surface area contributed by atoms with Crippen LogP contribution < -0.4 is 5.32 Å². The molecule has 4 aromatic carbocycles. The van der Waals surface area contributed by atoms with E-state index in [4.69, 9.17) is 14.2 Å². The molecule has 1 amide bonds. The number of amides is 1. The van der Waals surface area contributed by atoms with Gasteiger partial charge in [0.05, 0.1) is 25.4 Å². The largest absolute Gasteiger partial charge is 0.392 e. The van der Waals surface area contributed by atoms with E-state index in [1.54, 1.807) is 25.3 Å². The lowest BCUT2D eigenvalue weighted by molar-refractivity contribution is -0.276. The molecule has 4 aromatic rings. The summed E-state index contributed by atoms with van der Waals surface area (Å²) < 4.78 is 88.0. The Hall–Kier alpha value is -4.20. The minimum atomic E-state index is -2.33. The van der Waals surface area contributed by atoms with Gasteiger partial charge in [-0.3, -0.25) is 9.69 Å². The number of nitrogens with zero attached hydrogens (tertiary/aromatic N) is 1. The minimum absolute atomic E-state index is 0.00458. The number of carbonyl (C=O) groups is 1. The predicted octanol–water partition coefficient (Wildman–Crippen LogP) is 7.37. The molecule has 0 spiro atoms. The molecule has 5 atom stereocenters. The van der Waals surface area contributed by atoms with Crippen LogP contribution in [0.3, 0.4) is 0 Å². The van der Waals surface area contributed by atoms with Gasteiger partial charge in [-0.25, -0.2) is 22.0 Å². The second-order valence-electron chi connectivity index (χ2n) is 13.0. The molecule has 2 fully saturated rings. The second kappa shape index (κ2) is 16.0. The molecule has 0 bridgehead atoms. The highest BCUT2D eigenvalue weighted by Gasteiger charge is 2.40. The van der Waals surface area contributed by atoms with Crippen LogP contribution in [-0.2, 0) is 27.4 Å². The SMILES string of the molecule is COC[C@@H]1CCCN1C[C@@H]1O[C@H](c2cccc(-c3cccc(CNC(=O)c4c(F)c(F)c(F)c(F)c4F)c3)c2)O[C@H](c2ccc(CO)cc2)[C@@H]1C. The number of hydrogen-bond donors (Lipinski definition) is 2. The van der Waals surface area contributed by atoms with Crippen LogP contribution >= 0.6 is 0 Å². The average molecular weight is 711 g/mol. The summed E-state index contributed by atoms with van der Waals surface area (Å²) in [5.74, 6) is -12.5. The summed E-state index contributed by atoms with van der Waals surface area (Å²) in [6.07, 6.45) is 0.975. The first-order valence-electron chi connectivity index (χ1n) is 16.8. The summed E-state index contributed by atoms with van der Waals surface area (Å²) in [7, 11) is 1.71. The van der Waals surface area contributed by atoms with Crippen LogP contribution in [0, 0.1) is 35.0 Å². The van der Waals surface area contributed by atoms with Crippen molar-refractivity contribution in [2.75, 3.05) is 26.8 Å². The second-order valence-corrected chi connectivity index (χ2v) is 13.0. The maximum Gasteiger partial charge on any atom is 0.257 e. The van der Waals surface area contributed by atoms with Gasteiger partial charge in [0.2, 0.25) is 5.82 Å². The minimum Gasteiger partial charge on any atom is -0.392 e. The first kappa shape index (κ1) is 36.6. The summed E-state index contributed by atoms with van der Waals surface area (Å²) in [5, 5.41) is 11.8. The third-order valence-corrected chi connectivity index (χ3v) is 9.71. The van der Waals surface area contributed by atoms with E-state index in [9.17, 15) is 31.9 Å². The number of rotatable bonds is 11. The molecule has 2 heterocycles. The van der Waals surface area contributed by atoms with Crippen LogP contribution in [0.4, 0.5) is 22.0 Å². The quantitative estimate of drug-likeness (QED) is 0.0962. The maximum atomic E-state index is 14.2. The van der Waals surface area contributed by atoms with Gasteiger partial charge in [-0.15, -0.1) is 0 Å². The lowest BCUT2D eigenvalue weighted by Crippen LogP contribution is -2.46. The number of benzene rings is 4. The molecule has 12 heteroatoms. The highest BCUT2D eigenvalue weighted by Crippen LogP contribution is 2.43. The van der Waals surface area contributed by atoms with Gasteiger partial charge in [0.1, 0.15) is 5.56 Å². The number of likely N-dealkylation sites (tertiary alicyclic amines) is 1. The zero-order valence-corrected chi connectivity index (χ0v) is 28.2. The number of hydrogen-bond acceptors (Lipinski definition) is 6. The van der Waals surface area contributed by atoms with Crippen LogP contribution in [0.25, 0.3) is 11.1 Å². The Bertz CT molecular complexity index is 1830. The Morgan fingerprint density at radius 2 is 1.53 bits per heavy atom. The van der Waals surface area contributed by atoms with Crippen molar-refractivity contribution >= 4 is 5.91 Å². The van der Waals surface area contributed by atoms with Crippen molar-refractivity contribution in [1.29, 1.82) is 0 Å². The van der Waals surface area contributed by atoms with Crippen molar-refractivity contribution in [2.24, 2.45) is 5.92 Å². The number of ether oxygens (including phenoxy) is 3. The van der Waals surface area contributed by atoms with Gasteiger partial charge in [-0.2, -0.15) is 0 Å². The first-order chi connectivity index (χ1) is 24.6. The highest BCUT2D eigenvalue weighted by atomic mass is 19.2. The van der Waals surface area contributed by atoms with E-state index in [-0.39, 0.29) is 31.3 Å². The van der Waals surface area contributed by atoms with Crippen LogP contribution in [-0.4, -0.2) is 54.9 Å². The molecule has 0 unspecified atom stereocenters. The third kappa shape index (κ3) is 7.85. The summed E-state index contributed by atoms with van der Waals surface area (Å²) in [4.78, 5) is 14.9.